The predicted molar refractivity (Wildman–Crippen MR) is 120 cm³/mol. The number of anilines is 2. The second kappa shape index (κ2) is 10.0. The predicted octanol–water partition coefficient (Wildman–Crippen LogP) is 3.10. The topological polar surface area (TPSA) is 79.8 Å². The second-order valence-corrected chi connectivity index (χ2v) is 8.53. The molecule has 4 rings (SSSR count). The smallest absolute Gasteiger partial charge is 0.416 e. The van der Waals surface area contributed by atoms with E-state index in [2.05, 4.69) is 15.3 Å². The molecule has 1 N–H and O–H groups in total. The summed E-state index contributed by atoms with van der Waals surface area (Å²) in [4.78, 5) is 23.5. The van der Waals surface area contributed by atoms with Gasteiger partial charge in [-0.1, -0.05) is 12.1 Å². The van der Waals surface area contributed by atoms with E-state index in [1.54, 1.807) is 12.3 Å². The third kappa shape index (κ3) is 5.88. The highest BCUT2D eigenvalue weighted by Crippen LogP contribution is 2.28. The van der Waals surface area contributed by atoms with Gasteiger partial charge in [0.15, 0.2) is 6.10 Å². The number of rotatable bonds is 6. The summed E-state index contributed by atoms with van der Waals surface area (Å²) < 4.78 is 50.2. The van der Waals surface area contributed by atoms with Crippen molar-refractivity contribution in [2.24, 2.45) is 0 Å². The summed E-state index contributed by atoms with van der Waals surface area (Å²) in [5.41, 5.74) is 0.986. The summed E-state index contributed by atoms with van der Waals surface area (Å²) in [6.07, 6.45) is -3.95. The maximum atomic E-state index is 13.1. The molecule has 34 heavy (non-hydrogen) atoms. The third-order valence-electron chi connectivity index (χ3n) is 5.91. The van der Waals surface area contributed by atoms with E-state index < -0.39 is 12.3 Å². The van der Waals surface area contributed by atoms with Gasteiger partial charge < -0.3 is 24.6 Å². The van der Waals surface area contributed by atoms with Gasteiger partial charge in [-0.25, -0.2) is 4.98 Å². The molecule has 1 unspecified atom stereocenters. The van der Waals surface area contributed by atoms with Crippen molar-refractivity contribution < 1.29 is 27.4 Å². The third-order valence-corrected chi connectivity index (χ3v) is 5.91. The highest BCUT2D eigenvalue weighted by molar-refractivity contribution is 5.73. The molecular formula is C23H28F3N5O3. The minimum atomic E-state index is -4.42. The molecule has 8 nitrogen and oxygen atoms in total. The first kappa shape index (κ1) is 24.1. The fraction of sp³-hybridized carbons (Fsp3) is 0.522. The van der Waals surface area contributed by atoms with Crippen LogP contribution in [0.2, 0.25) is 0 Å². The Kier molecular flexibility index (Phi) is 7.11. The zero-order valence-electron chi connectivity index (χ0n) is 19.1. The van der Waals surface area contributed by atoms with Crippen molar-refractivity contribution >= 4 is 17.7 Å². The molecule has 1 aromatic carbocycles. The fourth-order valence-corrected chi connectivity index (χ4v) is 4.14. The number of ether oxygens (including phenoxy) is 2. The number of aromatic nitrogens is 2. The van der Waals surface area contributed by atoms with Crippen molar-refractivity contribution in [1.82, 2.24) is 15.3 Å². The van der Waals surface area contributed by atoms with Gasteiger partial charge in [-0.05, 0) is 30.7 Å². The lowest BCUT2D eigenvalue weighted by molar-refractivity contribution is -0.221. The van der Waals surface area contributed by atoms with Gasteiger partial charge in [-0.15, -0.1) is 0 Å². The molecule has 11 heteroatoms. The van der Waals surface area contributed by atoms with Crippen LogP contribution in [0.3, 0.4) is 0 Å². The highest BCUT2D eigenvalue weighted by Gasteiger charge is 2.44. The SMILES string of the molecule is CC(=O)N[C@@H](C)c1ccc(O[C@@H]2CCN(c3ccnc(N4CCOC(C(F)(F)F)C4)n3)C2)cc1. The standard InChI is InChI=1S/C23H28F3N5O3/c1-15(28-16(2)32)17-3-5-18(6-4-17)34-19-8-10-30(13-19)21-7-9-27-22(29-21)31-11-12-33-20(14-31)23(24,25)26/h3-7,9,15,19-20H,8,10-14H2,1-2H3,(H,28,32)/t15-,19+,20?/m0/s1. The Morgan fingerprint density at radius 1 is 1.18 bits per heavy atom. The van der Waals surface area contributed by atoms with E-state index in [0.29, 0.717) is 25.5 Å². The van der Waals surface area contributed by atoms with Crippen LogP contribution in [0.15, 0.2) is 36.5 Å². The van der Waals surface area contributed by atoms with Gasteiger partial charge >= 0.3 is 6.18 Å². The fourth-order valence-electron chi connectivity index (χ4n) is 4.14. The Bertz CT molecular complexity index is 989. The maximum Gasteiger partial charge on any atom is 0.416 e. The number of hydrogen-bond acceptors (Lipinski definition) is 7. The first-order valence-electron chi connectivity index (χ1n) is 11.2. The van der Waals surface area contributed by atoms with E-state index in [4.69, 9.17) is 9.47 Å². The van der Waals surface area contributed by atoms with E-state index in [-0.39, 0.29) is 37.2 Å². The van der Waals surface area contributed by atoms with Crippen LogP contribution in [0.4, 0.5) is 24.9 Å². The molecule has 0 bridgehead atoms. The Balaban J connectivity index is 1.35. The molecule has 2 aliphatic rings. The number of nitrogens with one attached hydrogen (secondary N) is 1. The van der Waals surface area contributed by atoms with Crippen molar-refractivity contribution in [3.05, 3.63) is 42.1 Å². The number of carbonyl (C=O) groups excluding carboxylic acids is 1. The summed E-state index contributed by atoms with van der Waals surface area (Å²) in [5, 5.41) is 2.85. The normalized spacial score (nSPS) is 21.9. The van der Waals surface area contributed by atoms with Gasteiger partial charge in [0.2, 0.25) is 11.9 Å². The lowest BCUT2D eigenvalue weighted by atomic mass is 10.1. The number of morpholine rings is 1. The molecule has 1 aromatic heterocycles. The molecule has 2 aliphatic heterocycles. The first-order valence-corrected chi connectivity index (χ1v) is 11.2. The number of amides is 1. The molecule has 0 spiro atoms. The largest absolute Gasteiger partial charge is 0.489 e. The average molecular weight is 480 g/mol. The molecule has 3 atom stereocenters. The lowest BCUT2D eigenvalue weighted by Gasteiger charge is -2.34. The van der Waals surface area contributed by atoms with E-state index >= 15 is 0 Å². The summed E-state index contributed by atoms with van der Waals surface area (Å²) in [6.45, 7) is 4.68. The molecule has 2 aromatic rings. The van der Waals surface area contributed by atoms with Crippen molar-refractivity contribution in [3.8, 4) is 5.75 Å². The summed E-state index contributed by atoms with van der Waals surface area (Å²) in [5.74, 6) is 1.58. The van der Waals surface area contributed by atoms with Crippen LogP contribution < -0.4 is 19.9 Å². The summed E-state index contributed by atoms with van der Waals surface area (Å²) >= 11 is 0. The zero-order valence-corrected chi connectivity index (χ0v) is 19.1. The molecule has 0 radical (unpaired) electrons. The molecule has 1 amide bonds. The minimum absolute atomic E-state index is 0.0280. The molecule has 0 saturated carbocycles. The minimum Gasteiger partial charge on any atom is -0.489 e. The average Bonchev–Trinajstić information content (AvgIpc) is 3.27. The van der Waals surface area contributed by atoms with Crippen LogP contribution in [0.1, 0.15) is 31.9 Å². The molecule has 3 heterocycles. The molecule has 0 aliphatic carbocycles. The van der Waals surface area contributed by atoms with E-state index in [9.17, 15) is 18.0 Å². The van der Waals surface area contributed by atoms with Crippen LogP contribution in [-0.2, 0) is 9.53 Å². The van der Waals surface area contributed by atoms with Crippen LogP contribution in [0, 0.1) is 0 Å². The number of halogens is 3. The molecule has 2 fully saturated rings. The van der Waals surface area contributed by atoms with Crippen molar-refractivity contribution in [1.29, 1.82) is 0 Å². The van der Waals surface area contributed by atoms with Crippen molar-refractivity contribution in [3.63, 3.8) is 0 Å². The van der Waals surface area contributed by atoms with Crippen molar-refractivity contribution in [2.75, 3.05) is 42.6 Å². The Morgan fingerprint density at radius 3 is 2.65 bits per heavy atom. The van der Waals surface area contributed by atoms with Crippen LogP contribution in [0.5, 0.6) is 5.75 Å². The van der Waals surface area contributed by atoms with Crippen LogP contribution >= 0.6 is 0 Å². The van der Waals surface area contributed by atoms with E-state index in [1.807, 2.05) is 36.1 Å². The second-order valence-electron chi connectivity index (χ2n) is 8.53. The summed E-state index contributed by atoms with van der Waals surface area (Å²) in [7, 11) is 0. The van der Waals surface area contributed by atoms with Gasteiger partial charge in [0.05, 0.1) is 25.7 Å². The van der Waals surface area contributed by atoms with E-state index in [1.165, 1.54) is 11.8 Å². The van der Waals surface area contributed by atoms with Crippen LogP contribution in [0.25, 0.3) is 0 Å². The zero-order chi connectivity index (χ0) is 24.3. The van der Waals surface area contributed by atoms with Gasteiger partial charge in [-0.2, -0.15) is 18.2 Å². The van der Waals surface area contributed by atoms with Gasteiger partial charge in [0.25, 0.3) is 0 Å². The quantitative estimate of drug-likeness (QED) is 0.682. The summed E-state index contributed by atoms with van der Waals surface area (Å²) in [6, 6.07) is 9.29. The van der Waals surface area contributed by atoms with Gasteiger partial charge in [0.1, 0.15) is 17.7 Å². The number of nitrogens with zero attached hydrogens (tertiary/aromatic N) is 4. The highest BCUT2D eigenvalue weighted by atomic mass is 19.4. The Hall–Kier alpha value is -3.08. The van der Waals surface area contributed by atoms with E-state index in [0.717, 1.165) is 17.7 Å². The Morgan fingerprint density at radius 2 is 1.94 bits per heavy atom. The lowest BCUT2D eigenvalue weighted by Crippen LogP contribution is -2.49. The van der Waals surface area contributed by atoms with Crippen LogP contribution in [-0.4, -0.2) is 67.0 Å². The Labute approximate surface area is 196 Å². The number of hydrogen-bond donors (Lipinski definition) is 1. The number of carbonyl (C=O) groups is 1. The van der Waals surface area contributed by atoms with Crippen molar-refractivity contribution in [2.45, 2.75) is 44.7 Å². The number of alkyl halides is 3. The molecular weight excluding hydrogens is 451 g/mol. The first-order chi connectivity index (χ1) is 16.2. The molecule has 184 valence electrons. The monoisotopic (exact) mass is 479 g/mol. The maximum absolute atomic E-state index is 13.1. The number of benzene rings is 1. The van der Waals surface area contributed by atoms with Gasteiger partial charge in [-0.3, -0.25) is 4.79 Å². The molecule has 2 saturated heterocycles. The van der Waals surface area contributed by atoms with Gasteiger partial charge in [0, 0.05) is 32.6 Å².